The van der Waals surface area contributed by atoms with Gasteiger partial charge in [0.15, 0.2) is 11.6 Å². The first kappa shape index (κ1) is 14.8. The number of hydrogen-bond donors (Lipinski definition) is 1. The van der Waals surface area contributed by atoms with Crippen LogP contribution >= 0.6 is 11.5 Å². The maximum absolute atomic E-state index is 11.6. The highest BCUT2D eigenvalue weighted by atomic mass is 32.1. The molecule has 0 saturated heterocycles. The zero-order valence-corrected chi connectivity index (χ0v) is 12.3. The summed E-state index contributed by atoms with van der Waals surface area (Å²) in [6, 6.07) is 0. The highest BCUT2D eigenvalue weighted by Gasteiger charge is 2.20. The Labute approximate surface area is 112 Å². The molecule has 102 valence electrons. The molecule has 0 aliphatic rings. The van der Waals surface area contributed by atoms with Gasteiger partial charge in [-0.25, -0.2) is 4.79 Å². The van der Waals surface area contributed by atoms with Gasteiger partial charge in [-0.15, -0.1) is 0 Å². The molecular formula is C12H20N2O3S. The third-order valence-electron chi connectivity index (χ3n) is 2.02. The summed E-state index contributed by atoms with van der Waals surface area (Å²) in [6.45, 7) is 7.52. The van der Waals surface area contributed by atoms with Crippen LogP contribution in [0.25, 0.3) is 0 Å². The quantitative estimate of drug-likeness (QED) is 0.912. The highest BCUT2D eigenvalue weighted by Crippen LogP contribution is 2.32. The Kier molecular flexibility index (Phi) is 4.95. The van der Waals surface area contributed by atoms with E-state index in [-0.39, 0.29) is 0 Å². The van der Waals surface area contributed by atoms with Crippen molar-refractivity contribution in [2.45, 2.75) is 46.1 Å². The van der Waals surface area contributed by atoms with Crippen molar-refractivity contribution in [3.05, 3.63) is 4.88 Å². The van der Waals surface area contributed by atoms with Crippen LogP contribution in [0.4, 0.5) is 10.6 Å². The predicted octanol–water partition coefficient (Wildman–Crippen LogP) is 3.45. The van der Waals surface area contributed by atoms with E-state index in [2.05, 4.69) is 16.6 Å². The van der Waals surface area contributed by atoms with Gasteiger partial charge in [0.25, 0.3) is 0 Å². The number of hydrogen-bond acceptors (Lipinski definition) is 5. The van der Waals surface area contributed by atoms with E-state index in [1.807, 2.05) is 20.8 Å². The van der Waals surface area contributed by atoms with E-state index in [0.29, 0.717) is 11.6 Å². The summed E-state index contributed by atoms with van der Waals surface area (Å²) in [5.41, 5.74) is -0.528. The number of rotatable bonds is 4. The molecule has 0 fully saturated rings. The first-order valence-electron chi connectivity index (χ1n) is 5.90. The third-order valence-corrected chi connectivity index (χ3v) is 2.90. The molecule has 0 unspecified atom stereocenters. The molecule has 0 aliphatic carbocycles. The number of carbonyl (C=O) groups excluding carboxylic acids is 1. The SMILES string of the molecule is CCCc1snc(NC(=O)OC(C)(C)C)c1OC. The number of aryl methyl sites for hydroxylation is 1. The van der Waals surface area contributed by atoms with Gasteiger partial charge >= 0.3 is 6.09 Å². The molecule has 0 aromatic carbocycles. The minimum Gasteiger partial charge on any atom is -0.492 e. The van der Waals surface area contributed by atoms with Gasteiger partial charge in [-0.2, -0.15) is 4.37 Å². The van der Waals surface area contributed by atoms with E-state index in [1.165, 1.54) is 11.5 Å². The average Bonchev–Trinajstić information content (AvgIpc) is 2.58. The number of aromatic nitrogens is 1. The monoisotopic (exact) mass is 272 g/mol. The van der Waals surface area contributed by atoms with Crippen molar-refractivity contribution >= 4 is 23.4 Å². The van der Waals surface area contributed by atoms with Gasteiger partial charge in [0.05, 0.1) is 12.0 Å². The third kappa shape index (κ3) is 4.18. The Bertz CT molecular complexity index is 410. The van der Waals surface area contributed by atoms with Crippen LogP contribution in [0.2, 0.25) is 0 Å². The summed E-state index contributed by atoms with van der Waals surface area (Å²) < 4.78 is 14.6. The number of nitrogens with zero attached hydrogens (tertiary/aromatic N) is 1. The topological polar surface area (TPSA) is 60.5 Å². The molecule has 1 heterocycles. The minimum absolute atomic E-state index is 0.431. The zero-order valence-electron chi connectivity index (χ0n) is 11.5. The van der Waals surface area contributed by atoms with Crippen LogP contribution in [-0.2, 0) is 11.2 Å². The lowest BCUT2D eigenvalue weighted by Gasteiger charge is -2.19. The maximum Gasteiger partial charge on any atom is 0.413 e. The van der Waals surface area contributed by atoms with Crippen molar-refractivity contribution in [1.82, 2.24) is 4.37 Å². The molecule has 6 heteroatoms. The van der Waals surface area contributed by atoms with E-state index in [4.69, 9.17) is 9.47 Å². The summed E-state index contributed by atoms with van der Waals surface area (Å²) in [5.74, 6) is 1.06. The van der Waals surface area contributed by atoms with E-state index < -0.39 is 11.7 Å². The second-order valence-corrected chi connectivity index (χ2v) is 5.72. The zero-order chi connectivity index (χ0) is 13.8. The van der Waals surface area contributed by atoms with Gasteiger partial charge < -0.3 is 9.47 Å². The standard InChI is InChI=1S/C12H20N2O3S/c1-6-7-8-9(16-5)10(14-18-8)13-11(15)17-12(2,3)4/h6-7H2,1-5H3,(H,13,14,15). The molecule has 5 nitrogen and oxygen atoms in total. The van der Waals surface area contributed by atoms with Crippen LogP contribution in [-0.4, -0.2) is 23.2 Å². The normalized spacial score (nSPS) is 11.2. The first-order valence-corrected chi connectivity index (χ1v) is 6.67. The molecular weight excluding hydrogens is 252 g/mol. The molecule has 0 radical (unpaired) electrons. The van der Waals surface area contributed by atoms with Crippen LogP contribution in [0.3, 0.4) is 0 Å². The molecule has 18 heavy (non-hydrogen) atoms. The lowest BCUT2D eigenvalue weighted by molar-refractivity contribution is 0.0635. The van der Waals surface area contributed by atoms with Crippen LogP contribution in [0.15, 0.2) is 0 Å². The Morgan fingerprint density at radius 1 is 1.44 bits per heavy atom. The first-order chi connectivity index (χ1) is 8.37. The predicted molar refractivity (Wildman–Crippen MR) is 72.5 cm³/mol. The van der Waals surface area contributed by atoms with Crippen molar-refractivity contribution in [2.24, 2.45) is 0 Å². The number of amides is 1. The smallest absolute Gasteiger partial charge is 0.413 e. The second-order valence-electron chi connectivity index (χ2n) is 4.86. The Hall–Kier alpha value is -1.30. The Balaban J connectivity index is 2.75. The average molecular weight is 272 g/mol. The number of anilines is 1. The number of nitrogens with one attached hydrogen (secondary N) is 1. The molecule has 1 rings (SSSR count). The number of carbonyl (C=O) groups is 1. The van der Waals surface area contributed by atoms with Crippen molar-refractivity contribution in [3.63, 3.8) is 0 Å². The fraction of sp³-hybridized carbons (Fsp3) is 0.667. The van der Waals surface area contributed by atoms with Crippen LogP contribution in [0.5, 0.6) is 5.75 Å². The highest BCUT2D eigenvalue weighted by molar-refractivity contribution is 7.06. The molecule has 1 aromatic heterocycles. The van der Waals surface area contributed by atoms with E-state index in [0.717, 1.165) is 17.7 Å². The van der Waals surface area contributed by atoms with Crippen molar-refractivity contribution < 1.29 is 14.3 Å². The number of methoxy groups -OCH3 is 1. The summed E-state index contributed by atoms with van der Waals surface area (Å²) in [6.07, 6.45) is 1.37. The fourth-order valence-electron chi connectivity index (χ4n) is 1.39. The van der Waals surface area contributed by atoms with E-state index in [1.54, 1.807) is 7.11 Å². The van der Waals surface area contributed by atoms with Crippen LogP contribution in [0, 0.1) is 0 Å². The molecule has 0 aliphatic heterocycles. The lowest BCUT2D eigenvalue weighted by atomic mass is 10.2. The summed E-state index contributed by atoms with van der Waals surface area (Å²) >= 11 is 1.34. The molecule has 0 atom stereocenters. The van der Waals surface area contributed by atoms with Gasteiger partial charge in [0.1, 0.15) is 5.60 Å². The molecule has 1 amide bonds. The van der Waals surface area contributed by atoms with Gasteiger partial charge in [-0.1, -0.05) is 13.3 Å². The largest absolute Gasteiger partial charge is 0.492 e. The van der Waals surface area contributed by atoms with Crippen LogP contribution in [0.1, 0.15) is 39.0 Å². The Morgan fingerprint density at radius 2 is 2.11 bits per heavy atom. The van der Waals surface area contributed by atoms with Crippen molar-refractivity contribution in [1.29, 1.82) is 0 Å². The summed E-state index contributed by atoms with van der Waals surface area (Å²) in [5, 5.41) is 2.61. The van der Waals surface area contributed by atoms with E-state index >= 15 is 0 Å². The fourth-order valence-corrected chi connectivity index (χ4v) is 2.28. The molecule has 1 aromatic rings. The van der Waals surface area contributed by atoms with Crippen LogP contribution < -0.4 is 10.1 Å². The Morgan fingerprint density at radius 3 is 2.61 bits per heavy atom. The van der Waals surface area contributed by atoms with Gasteiger partial charge in [-0.3, -0.25) is 5.32 Å². The van der Waals surface area contributed by atoms with Crippen molar-refractivity contribution in [3.8, 4) is 5.75 Å². The van der Waals surface area contributed by atoms with Gasteiger partial charge in [0, 0.05) is 0 Å². The molecule has 0 bridgehead atoms. The number of ether oxygens (including phenoxy) is 2. The van der Waals surface area contributed by atoms with Crippen molar-refractivity contribution in [2.75, 3.05) is 12.4 Å². The molecule has 0 spiro atoms. The maximum atomic E-state index is 11.6. The van der Waals surface area contributed by atoms with E-state index in [9.17, 15) is 4.79 Å². The summed E-state index contributed by atoms with van der Waals surface area (Å²) in [4.78, 5) is 12.7. The lowest BCUT2D eigenvalue weighted by Crippen LogP contribution is -2.27. The van der Waals surface area contributed by atoms with Gasteiger partial charge in [0.2, 0.25) is 0 Å². The minimum atomic E-state index is -0.528. The molecule has 1 N–H and O–H groups in total. The summed E-state index contributed by atoms with van der Waals surface area (Å²) in [7, 11) is 1.57. The second kappa shape index (κ2) is 6.04. The molecule has 0 saturated carbocycles. The van der Waals surface area contributed by atoms with Gasteiger partial charge in [-0.05, 0) is 38.7 Å².